The van der Waals surface area contributed by atoms with Gasteiger partial charge in [-0.05, 0) is 30.7 Å². The van der Waals surface area contributed by atoms with E-state index >= 15 is 0 Å². The molecule has 0 radical (unpaired) electrons. The van der Waals surface area contributed by atoms with Crippen molar-refractivity contribution in [3.63, 3.8) is 0 Å². The van der Waals surface area contributed by atoms with Gasteiger partial charge < -0.3 is 15.4 Å². The molecule has 0 aliphatic carbocycles. The van der Waals surface area contributed by atoms with Crippen LogP contribution in [0.1, 0.15) is 26.5 Å². The van der Waals surface area contributed by atoms with Crippen LogP contribution < -0.4 is 10.6 Å². The molecule has 2 heterocycles. The van der Waals surface area contributed by atoms with E-state index in [9.17, 15) is 9.59 Å². The van der Waals surface area contributed by atoms with Gasteiger partial charge in [-0.25, -0.2) is 4.98 Å². The summed E-state index contributed by atoms with van der Waals surface area (Å²) in [5.41, 5.74) is 2.13. The molecule has 0 atom stereocenters. The Bertz CT molecular complexity index is 803. The largest absolute Gasteiger partial charge is 0.379 e. The zero-order chi connectivity index (χ0) is 19.1. The van der Waals surface area contributed by atoms with Crippen LogP contribution in [0.4, 0.5) is 5.69 Å². The number of para-hydroxylation sites is 1. The molecule has 0 spiro atoms. The van der Waals surface area contributed by atoms with Gasteiger partial charge >= 0.3 is 0 Å². The predicted octanol–water partition coefficient (Wildman–Crippen LogP) is 1.70. The van der Waals surface area contributed by atoms with E-state index in [-0.39, 0.29) is 23.2 Å². The number of amides is 2. The van der Waals surface area contributed by atoms with Crippen LogP contribution >= 0.6 is 0 Å². The van der Waals surface area contributed by atoms with Crippen molar-refractivity contribution in [2.75, 3.05) is 44.7 Å². The van der Waals surface area contributed by atoms with E-state index < -0.39 is 0 Å². The standard InChI is InChI=1S/C20H24N4O3/c1-15-5-2-3-6-16(15)23-20(26)18-8-4-7-17(22-18)19(25)21-9-10-24-11-13-27-14-12-24/h2-8H,9-14H2,1H3,(H,21,25)(H,23,26). The monoisotopic (exact) mass is 368 g/mol. The number of nitrogens with zero attached hydrogens (tertiary/aromatic N) is 2. The third-order valence-electron chi connectivity index (χ3n) is 4.42. The van der Waals surface area contributed by atoms with Gasteiger partial charge in [0.05, 0.1) is 13.2 Å². The Morgan fingerprint density at radius 1 is 1.04 bits per heavy atom. The average molecular weight is 368 g/mol. The molecule has 27 heavy (non-hydrogen) atoms. The third-order valence-corrected chi connectivity index (χ3v) is 4.42. The number of nitrogens with one attached hydrogen (secondary N) is 2. The molecule has 1 aromatic carbocycles. The molecule has 0 unspecified atom stereocenters. The first-order valence-electron chi connectivity index (χ1n) is 9.06. The third kappa shape index (κ3) is 5.35. The molecule has 2 amide bonds. The van der Waals surface area contributed by atoms with Crippen LogP contribution in [0.2, 0.25) is 0 Å². The minimum absolute atomic E-state index is 0.207. The fourth-order valence-corrected chi connectivity index (χ4v) is 2.83. The molecule has 1 aliphatic heterocycles. The predicted molar refractivity (Wildman–Crippen MR) is 103 cm³/mol. The average Bonchev–Trinajstić information content (AvgIpc) is 2.70. The number of ether oxygens (including phenoxy) is 1. The molecule has 2 N–H and O–H groups in total. The topological polar surface area (TPSA) is 83.6 Å². The number of aryl methyl sites for hydroxylation is 1. The molecule has 142 valence electrons. The minimum Gasteiger partial charge on any atom is -0.379 e. The lowest BCUT2D eigenvalue weighted by Crippen LogP contribution is -2.41. The highest BCUT2D eigenvalue weighted by atomic mass is 16.5. The fraction of sp³-hybridized carbons (Fsp3) is 0.350. The molecule has 1 fully saturated rings. The molecule has 3 rings (SSSR count). The molecule has 1 aliphatic rings. The van der Waals surface area contributed by atoms with Gasteiger partial charge in [-0.3, -0.25) is 14.5 Å². The SMILES string of the molecule is Cc1ccccc1NC(=O)c1cccc(C(=O)NCCN2CCOCC2)n1. The lowest BCUT2D eigenvalue weighted by molar-refractivity contribution is 0.0383. The second kappa shape index (κ2) is 9.25. The number of hydrogen-bond acceptors (Lipinski definition) is 5. The number of anilines is 1. The van der Waals surface area contributed by atoms with E-state index in [4.69, 9.17) is 4.74 Å². The van der Waals surface area contributed by atoms with Crippen molar-refractivity contribution in [3.8, 4) is 0 Å². The first-order valence-corrected chi connectivity index (χ1v) is 9.06. The smallest absolute Gasteiger partial charge is 0.274 e. The molecule has 0 bridgehead atoms. The molecular formula is C20H24N4O3. The van der Waals surface area contributed by atoms with Crippen molar-refractivity contribution in [1.82, 2.24) is 15.2 Å². The maximum absolute atomic E-state index is 12.4. The van der Waals surface area contributed by atoms with Crippen LogP contribution in [0.3, 0.4) is 0 Å². The van der Waals surface area contributed by atoms with Crippen molar-refractivity contribution in [2.24, 2.45) is 0 Å². The summed E-state index contributed by atoms with van der Waals surface area (Å²) in [6, 6.07) is 12.4. The molecule has 2 aromatic rings. The Labute approximate surface area is 158 Å². The summed E-state index contributed by atoms with van der Waals surface area (Å²) in [5, 5.41) is 5.68. The summed E-state index contributed by atoms with van der Waals surface area (Å²) >= 11 is 0. The summed E-state index contributed by atoms with van der Waals surface area (Å²) in [5.74, 6) is -0.624. The quantitative estimate of drug-likeness (QED) is 0.811. The Kier molecular flexibility index (Phi) is 6.51. The minimum atomic E-state index is -0.340. The van der Waals surface area contributed by atoms with Crippen LogP contribution in [0.5, 0.6) is 0 Å². The van der Waals surface area contributed by atoms with Crippen LogP contribution in [0, 0.1) is 6.92 Å². The van der Waals surface area contributed by atoms with Crippen molar-refractivity contribution < 1.29 is 14.3 Å². The Hall–Kier alpha value is -2.77. The normalized spacial score (nSPS) is 14.6. The highest BCUT2D eigenvalue weighted by molar-refractivity contribution is 6.04. The molecular weight excluding hydrogens is 344 g/mol. The first kappa shape index (κ1) is 19.0. The maximum Gasteiger partial charge on any atom is 0.274 e. The molecule has 0 saturated carbocycles. The number of carbonyl (C=O) groups excluding carboxylic acids is 2. The highest BCUT2D eigenvalue weighted by Crippen LogP contribution is 2.14. The number of benzene rings is 1. The summed E-state index contributed by atoms with van der Waals surface area (Å²) in [4.78, 5) is 31.2. The molecule has 7 nitrogen and oxygen atoms in total. The lowest BCUT2D eigenvalue weighted by atomic mass is 10.2. The van der Waals surface area contributed by atoms with Gasteiger partial charge in [-0.15, -0.1) is 0 Å². The van der Waals surface area contributed by atoms with Crippen molar-refractivity contribution in [3.05, 3.63) is 59.4 Å². The maximum atomic E-state index is 12.4. The van der Waals surface area contributed by atoms with E-state index in [1.165, 1.54) is 0 Å². The zero-order valence-electron chi connectivity index (χ0n) is 15.4. The van der Waals surface area contributed by atoms with Crippen LogP contribution in [0.15, 0.2) is 42.5 Å². The molecule has 7 heteroatoms. The van der Waals surface area contributed by atoms with Crippen LogP contribution in [-0.4, -0.2) is 61.1 Å². The molecule has 1 aromatic heterocycles. The van der Waals surface area contributed by atoms with Crippen molar-refractivity contribution in [1.29, 1.82) is 0 Å². The van der Waals surface area contributed by atoms with Gasteiger partial charge in [0, 0.05) is 31.9 Å². The van der Waals surface area contributed by atoms with E-state index in [1.807, 2.05) is 31.2 Å². The first-order chi connectivity index (χ1) is 13.1. The Morgan fingerprint density at radius 2 is 1.74 bits per heavy atom. The summed E-state index contributed by atoms with van der Waals surface area (Å²) in [7, 11) is 0. The number of aromatic nitrogens is 1. The van der Waals surface area contributed by atoms with E-state index in [2.05, 4.69) is 20.5 Å². The number of pyridine rings is 1. The van der Waals surface area contributed by atoms with Gasteiger partial charge in [0.1, 0.15) is 11.4 Å². The second-order valence-electron chi connectivity index (χ2n) is 6.39. The zero-order valence-corrected chi connectivity index (χ0v) is 15.4. The summed E-state index contributed by atoms with van der Waals surface area (Å²) in [6.45, 7) is 6.43. The number of carbonyl (C=O) groups is 2. The highest BCUT2D eigenvalue weighted by Gasteiger charge is 2.14. The molecule has 1 saturated heterocycles. The Morgan fingerprint density at radius 3 is 2.48 bits per heavy atom. The number of rotatable bonds is 6. The summed E-state index contributed by atoms with van der Waals surface area (Å²) < 4.78 is 5.31. The Balaban J connectivity index is 1.56. The van der Waals surface area contributed by atoms with E-state index in [0.717, 1.165) is 44.1 Å². The van der Waals surface area contributed by atoms with Gasteiger partial charge in [-0.1, -0.05) is 24.3 Å². The number of hydrogen-bond donors (Lipinski definition) is 2. The summed E-state index contributed by atoms with van der Waals surface area (Å²) in [6.07, 6.45) is 0. The second-order valence-corrected chi connectivity index (χ2v) is 6.39. The van der Waals surface area contributed by atoms with Gasteiger partial charge in [0.2, 0.25) is 0 Å². The van der Waals surface area contributed by atoms with E-state index in [0.29, 0.717) is 6.54 Å². The lowest BCUT2D eigenvalue weighted by Gasteiger charge is -2.26. The van der Waals surface area contributed by atoms with E-state index in [1.54, 1.807) is 18.2 Å². The fourth-order valence-electron chi connectivity index (χ4n) is 2.83. The van der Waals surface area contributed by atoms with Crippen molar-refractivity contribution in [2.45, 2.75) is 6.92 Å². The number of morpholine rings is 1. The van der Waals surface area contributed by atoms with Crippen LogP contribution in [0.25, 0.3) is 0 Å². The van der Waals surface area contributed by atoms with Crippen molar-refractivity contribution >= 4 is 17.5 Å². The van der Waals surface area contributed by atoms with Gasteiger partial charge in [-0.2, -0.15) is 0 Å². The van der Waals surface area contributed by atoms with Crippen LogP contribution in [-0.2, 0) is 4.74 Å². The van der Waals surface area contributed by atoms with Gasteiger partial charge in [0.25, 0.3) is 11.8 Å². The van der Waals surface area contributed by atoms with Gasteiger partial charge in [0.15, 0.2) is 0 Å².